The van der Waals surface area contributed by atoms with Gasteiger partial charge in [-0.3, -0.25) is 4.79 Å². The minimum Gasteiger partial charge on any atom is -0.478 e. The van der Waals surface area contributed by atoms with Crippen LogP contribution < -0.4 is 16.0 Å². The first-order chi connectivity index (χ1) is 13.6. The van der Waals surface area contributed by atoms with Crippen molar-refractivity contribution >= 4 is 75.8 Å². The van der Waals surface area contributed by atoms with Crippen LogP contribution >= 0.6 is 47.0 Å². The van der Waals surface area contributed by atoms with Gasteiger partial charge >= 0.3 is 5.97 Å². The molecule has 0 aliphatic rings. The Hall–Kier alpha value is -2.32. The van der Waals surface area contributed by atoms with Gasteiger partial charge in [0.2, 0.25) is 9.70 Å². The highest BCUT2D eigenvalue weighted by atomic mass is 35.6. The molecule has 0 radical (unpaired) electrons. The number of rotatable bonds is 6. The smallest absolute Gasteiger partial charge is 0.335 e. The third-order valence-corrected chi connectivity index (χ3v) is 4.36. The molecule has 0 fully saturated rings. The van der Waals surface area contributed by atoms with E-state index in [4.69, 9.17) is 52.1 Å². The van der Waals surface area contributed by atoms with E-state index in [2.05, 4.69) is 16.0 Å². The lowest BCUT2D eigenvalue weighted by Crippen LogP contribution is -2.55. The molecule has 0 aromatic heterocycles. The Balaban J connectivity index is 2.02. The van der Waals surface area contributed by atoms with Gasteiger partial charge in [0.25, 0.3) is 0 Å². The molecule has 2 aromatic rings. The zero-order valence-electron chi connectivity index (χ0n) is 14.7. The Morgan fingerprint density at radius 1 is 1.03 bits per heavy atom. The van der Waals surface area contributed by atoms with Crippen LogP contribution in [0.4, 0.5) is 5.69 Å². The number of carboxylic acid groups (broad SMARTS) is 1. The first-order valence-corrected chi connectivity index (χ1v) is 9.70. The monoisotopic (exact) mass is 471 g/mol. The Bertz CT molecular complexity index is 918. The Morgan fingerprint density at radius 3 is 2.34 bits per heavy atom. The van der Waals surface area contributed by atoms with Gasteiger partial charge in [0, 0.05) is 11.8 Å². The highest BCUT2D eigenvalue weighted by molar-refractivity contribution is 7.80. The van der Waals surface area contributed by atoms with Gasteiger partial charge in [0.15, 0.2) is 5.11 Å². The van der Waals surface area contributed by atoms with Gasteiger partial charge in [0.05, 0.1) is 5.56 Å². The first-order valence-electron chi connectivity index (χ1n) is 8.16. The summed E-state index contributed by atoms with van der Waals surface area (Å²) in [5.74, 6) is -1.59. The fourth-order valence-corrected chi connectivity index (χ4v) is 2.72. The number of aromatic carboxylic acids is 1. The summed E-state index contributed by atoms with van der Waals surface area (Å²) in [6.07, 6.45) is 1.76. The van der Waals surface area contributed by atoms with Crippen molar-refractivity contribution in [1.29, 1.82) is 0 Å². The van der Waals surface area contributed by atoms with Crippen LogP contribution in [0.15, 0.2) is 60.7 Å². The van der Waals surface area contributed by atoms with Crippen molar-refractivity contribution in [1.82, 2.24) is 10.6 Å². The lowest BCUT2D eigenvalue weighted by Gasteiger charge is -2.27. The molecule has 4 N–H and O–H groups in total. The Kier molecular flexibility index (Phi) is 8.28. The van der Waals surface area contributed by atoms with Crippen LogP contribution in [0.25, 0.3) is 6.08 Å². The molecule has 0 aliphatic heterocycles. The fourth-order valence-electron chi connectivity index (χ4n) is 2.15. The average Bonchev–Trinajstić information content (AvgIpc) is 2.66. The number of hydrogen-bond donors (Lipinski definition) is 4. The second-order valence-corrected chi connectivity index (χ2v) is 8.49. The number of carboxylic acids is 1. The molecule has 0 aliphatic carbocycles. The summed E-state index contributed by atoms with van der Waals surface area (Å²) in [5.41, 5.74) is 1.33. The van der Waals surface area contributed by atoms with Gasteiger partial charge in [-0.05, 0) is 42.1 Å². The molecular weight excluding hydrogens is 457 g/mol. The van der Waals surface area contributed by atoms with Crippen LogP contribution in [0.1, 0.15) is 15.9 Å². The van der Waals surface area contributed by atoms with Crippen LogP contribution in [0.3, 0.4) is 0 Å². The molecule has 0 saturated carbocycles. The minimum absolute atomic E-state index is 0.0243. The summed E-state index contributed by atoms with van der Waals surface area (Å²) in [5, 5.41) is 17.1. The summed E-state index contributed by atoms with van der Waals surface area (Å²) < 4.78 is -1.91. The molecular formula is C19H16Cl3N3O3S. The lowest BCUT2D eigenvalue weighted by atomic mass is 10.2. The topological polar surface area (TPSA) is 90.5 Å². The van der Waals surface area contributed by atoms with Crippen molar-refractivity contribution in [3.63, 3.8) is 0 Å². The summed E-state index contributed by atoms with van der Waals surface area (Å²) >= 11 is 23.0. The standard InChI is InChI=1S/C19H16Cl3N3O3S/c20-19(21,22)17(24-15(26)10-9-12-5-2-1-3-6-12)25-18(29)23-14-8-4-7-13(11-14)16(27)28/h1-11,17H,(H,24,26)(H,27,28)(H2,23,25,29)/b10-9+/t17-/m1/s1. The summed E-state index contributed by atoms with van der Waals surface area (Å²) in [4.78, 5) is 23.2. The van der Waals surface area contributed by atoms with E-state index in [-0.39, 0.29) is 10.7 Å². The summed E-state index contributed by atoms with van der Waals surface area (Å²) in [6, 6.07) is 15.2. The maximum absolute atomic E-state index is 12.2. The van der Waals surface area contributed by atoms with E-state index in [0.29, 0.717) is 5.69 Å². The maximum atomic E-state index is 12.2. The lowest BCUT2D eigenvalue weighted by molar-refractivity contribution is -0.117. The van der Waals surface area contributed by atoms with E-state index < -0.39 is 21.8 Å². The van der Waals surface area contributed by atoms with Gasteiger partial charge in [-0.25, -0.2) is 4.79 Å². The molecule has 1 amide bonds. The van der Waals surface area contributed by atoms with Crippen molar-refractivity contribution < 1.29 is 14.7 Å². The number of halogens is 3. The number of anilines is 1. The van der Waals surface area contributed by atoms with E-state index in [1.54, 1.807) is 18.2 Å². The summed E-state index contributed by atoms with van der Waals surface area (Å²) in [7, 11) is 0. The number of thiocarbonyl (C=S) groups is 1. The Labute approximate surface area is 187 Å². The van der Waals surface area contributed by atoms with Crippen LogP contribution in [0, 0.1) is 0 Å². The second kappa shape index (κ2) is 10.5. The fraction of sp³-hybridized carbons (Fsp3) is 0.105. The predicted molar refractivity (Wildman–Crippen MR) is 120 cm³/mol. The zero-order valence-corrected chi connectivity index (χ0v) is 17.8. The van der Waals surface area contributed by atoms with E-state index in [9.17, 15) is 9.59 Å². The second-order valence-electron chi connectivity index (χ2n) is 5.71. The highest BCUT2D eigenvalue weighted by Crippen LogP contribution is 2.29. The molecule has 2 aromatic carbocycles. The van der Waals surface area contributed by atoms with E-state index in [1.807, 2.05) is 30.3 Å². The van der Waals surface area contributed by atoms with Crippen LogP contribution in [-0.4, -0.2) is 32.1 Å². The number of benzene rings is 2. The molecule has 0 heterocycles. The van der Waals surface area contributed by atoms with Crippen molar-refractivity contribution in [3.05, 3.63) is 71.8 Å². The molecule has 6 nitrogen and oxygen atoms in total. The maximum Gasteiger partial charge on any atom is 0.335 e. The molecule has 0 saturated heterocycles. The highest BCUT2D eigenvalue weighted by Gasteiger charge is 2.34. The minimum atomic E-state index is -1.91. The van der Waals surface area contributed by atoms with Crippen molar-refractivity contribution in [2.24, 2.45) is 0 Å². The quantitative estimate of drug-likeness (QED) is 0.218. The number of nitrogens with one attached hydrogen (secondary N) is 3. The predicted octanol–water partition coefficient (Wildman–Crippen LogP) is 4.20. The van der Waals surface area contributed by atoms with Crippen LogP contribution in [-0.2, 0) is 4.79 Å². The van der Waals surface area contributed by atoms with Crippen molar-refractivity contribution in [2.45, 2.75) is 9.96 Å². The summed E-state index contributed by atoms with van der Waals surface area (Å²) in [6.45, 7) is 0. The normalized spacial score (nSPS) is 12.2. The molecule has 2 rings (SSSR count). The molecule has 1 atom stereocenters. The van der Waals surface area contributed by atoms with Gasteiger partial charge in [0.1, 0.15) is 6.17 Å². The molecule has 29 heavy (non-hydrogen) atoms. The third-order valence-electron chi connectivity index (χ3n) is 3.48. The SMILES string of the molecule is O=C(/C=C/c1ccccc1)N[C@H](NC(=S)Nc1cccc(C(=O)O)c1)C(Cl)(Cl)Cl. The van der Waals surface area contributed by atoms with Crippen molar-refractivity contribution in [2.75, 3.05) is 5.32 Å². The molecule has 0 spiro atoms. The van der Waals surface area contributed by atoms with Gasteiger partial charge in [-0.2, -0.15) is 0 Å². The number of amides is 1. The van der Waals surface area contributed by atoms with Crippen LogP contribution in [0.2, 0.25) is 0 Å². The van der Waals surface area contributed by atoms with Gasteiger partial charge < -0.3 is 21.1 Å². The van der Waals surface area contributed by atoms with Crippen molar-refractivity contribution in [3.8, 4) is 0 Å². The molecule has 0 unspecified atom stereocenters. The Morgan fingerprint density at radius 2 is 1.72 bits per heavy atom. The number of carbonyl (C=O) groups excluding carboxylic acids is 1. The zero-order chi connectivity index (χ0) is 21.4. The van der Waals surface area contributed by atoms with Gasteiger partial charge in [-0.1, -0.05) is 71.2 Å². The van der Waals surface area contributed by atoms with Gasteiger partial charge in [-0.15, -0.1) is 0 Å². The average molecular weight is 473 g/mol. The largest absolute Gasteiger partial charge is 0.478 e. The van der Waals surface area contributed by atoms with Crippen LogP contribution in [0.5, 0.6) is 0 Å². The number of hydrogen-bond acceptors (Lipinski definition) is 3. The van der Waals surface area contributed by atoms with E-state index in [0.717, 1.165) is 5.56 Å². The van der Waals surface area contributed by atoms with E-state index in [1.165, 1.54) is 18.2 Å². The first kappa shape index (κ1) is 23.0. The molecule has 10 heteroatoms. The van der Waals surface area contributed by atoms with E-state index >= 15 is 0 Å². The molecule has 0 bridgehead atoms. The number of carbonyl (C=O) groups is 2. The third kappa shape index (κ3) is 7.91. The number of alkyl halides is 3. The molecule has 152 valence electrons.